The summed E-state index contributed by atoms with van der Waals surface area (Å²) < 4.78 is 17.1. The Kier molecular flexibility index (Phi) is 4.39. The van der Waals surface area contributed by atoms with Crippen LogP contribution >= 0.6 is 11.3 Å². The largest absolute Gasteiger partial charge is 0.486 e. The second-order valence-corrected chi connectivity index (χ2v) is 8.08. The molecule has 1 amide bonds. The van der Waals surface area contributed by atoms with Gasteiger partial charge in [-0.05, 0) is 36.8 Å². The molecular weight excluding hydrogens is 404 g/mol. The van der Waals surface area contributed by atoms with Gasteiger partial charge in [0.15, 0.2) is 0 Å². The van der Waals surface area contributed by atoms with Crippen LogP contribution in [0.25, 0.3) is 31.8 Å². The van der Waals surface area contributed by atoms with Gasteiger partial charge in [0.05, 0.1) is 34.6 Å². The highest BCUT2D eigenvalue weighted by Crippen LogP contribution is 2.41. The number of ether oxygens (including phenoxy) is 3. The van der Waals surface area contributed by atoms with Crippen LogP contribution in [-0.2, 0) is 11.2 Å². The number of methoxy groups -OCH3 is 1. The average molecular weight is 422 g/mol. The van der Waals surface area contributed by atoms with Gasteiger partial charge >= 0.3 is 6.09 Å². The first-order valence-corrected chi connectivity index (χ1v) is 10.2. The molecule has 2 aromatic heterocycles. The number of hydrogen-bond acceptors (Lipinski definition) is 8. The molecule has 0 saturated heterocycles. The Bertz CT molecular complexity index is 1300. The second kappa shape index (κ2) is 7.10. The van der Waals surface area contributed by atoms with Crippen LogP contribution in [0.5, 0.6) is 11.6 Å². The van der Waals surface area contributed by atoms with E-state index in [-0.39, 0.29) is 12.7 Å². The number of fused-ring (bicyclic) bond motifs is 4. The SMILES string of the molecule is COc1cnc2c(-c3nc4ccc5c(c4s3)CC(COC(N)=O)O5)cc(C)cc2n1. The maximum Gasteiger partial charge on any atom is 0.404 e. The van der Waals surface area contributed by atoms with Crippen molar-refractivity contribution in [3.63, 3.8) is 0 Å². The van der Waals surface area contributed by atoms with Crippen molar-refractivity contribution in [3.8, 4) is 22.2 Å². The number of rotatable bonds is 4. The molecule has 0 saturated carbocycles. The summed E-state index contributed by atoms with van der Waals surface area (Å²) in [5, 5.41) is 0.864. The summed E-state index contributed by atoms with van der Waals surface area (Å²) in [5.74, 6) is 1.26. The summed E-state index contributed by atoms with van der Waals surface area (Å²) >= 11 is 1.59. The average Bonchev–Trinajstić information content (AvgIpc) is 3.34. The molecule has 0 bridgehead atoms. The molecule has 2 N–H and O–H groups in total. The summed E-state index contributed by atoms with van der Waals surface area (Å²) in [6.07, 6.45) is 1.20. The molecule has 8 nitrogen and oxygen atoms in total. The molecule has 1 aliphatic heterocycles. The number of aryl methyl sites for hydroxylation is 1. The summed E-state index contributed by atoms with van der Waals surface area (Å²) in [6, 6.07) is 7.90. The van der Waals surface area contributed by atoms with E-state index in [9.17, 15) is 4.79 Å². The van der Waals surface area contributed by atoms with E-state index in [1.807, 2.05) is 25.1 Å². The van der Waals surface area contributed by atoms with Crippen molar-refractivity contribution in [1.29, 1.82) is 0 Å². The zero-order chi connectivity index (χ0) is 20.8. The number of carbonyl (C=O) groups is 1. The van der Waals surface area contributed by atoms with Crippen molar-refractivity contribution < 1.29 is 19.0 Å². The van der Waals surface area contributed by atoms with E-state index in [1.54, 1.807) is 24.6 Å². The van der Waals surface area contributed by atoms with Gasteiger partial charge < -0.3 is 19.9 Å². The molecule has 30 heavy (non-hydrogen) atoms. The first-order chi connectivity index (χ1) is 14.5. The van der Waals surface area contributed by atoms with Gasteiger partial charge in [0, 0.05) is 17.5 Å². The first kappa shape index (κ1) is 18.6. The van der Waals surface area contributed by atoms with Crippen molar-refractivity contribution in [1.82, 2.24) is 15.0 Å². The Balaban J connectivity index is 1.58. The van der Waals surface area contributed by atoms with E-state index in [1.165, 1.54) is 0 Å². The minimum Gasteiger partial charge on any atom is -0.486 e. The van der Waals surface area contributed by atoms with Crippen molar-refractivity contribution in [2.24, 2.45) is 5.73 Å². The van der Waals surface area contributed by atoms with Gasteiger partial charge in [0.25, 0.3) is 0 Å². The van der Waals surface area contributed by atoms with Crippen LogP contribution in [0.1, 0.15) is 11.1 Å². The molecule has 0 radical (unpaired) electrons. The Morgan fingerprint density at radius 3 is 2.97 bits per heavy atom. The van der Waals surface area contributed by atoms with Crippen LogP contribution in [0.3, 0.4) is 0 Å². The number of aromatic nitrogens is 3. The molecule has 3 heterocycles. The number of amides is 1. The number of carbonyl (C=O) groups excluding carboxylic acids is 1. The van der Waals surface area contributed by atoms with Crippen LogP contribution in [0.15, 0.2) is 30.5 Å². The number of primary amides is 1. The summed E-state index contributed by atoms with van der Waals surface area (Å²) in [4.78, 5) is 24.8. The van der Waals surface area contributed by atoms with E-state index in [0.29, 0.717) is 12.3 Å². The number of nitrogens with zero attached hydrogens (tertiary/aromatic N) is 3. The molecule has 152 valence electrons. The quantitative estimate of drug-likeness (QED) is 0.535. The van der Waals surface area contributed by atoms with Gasteiger partial charge in [0.1, 0.15) is 23.5 Å². The molecule has 2 aromatic carbocycles. The summed E-state index contributed by atoms with van der Waals surface area (Å²) in [7, 11) is 1.57. The van der Waals surface area contributed by atoms with Gasteiger partial charge in [-0.3, -0.25) is 0 Å². The van der Waals surface area contributed by atoms with E-state index in [0.717, 1.165) is 48.7 Å². The topological polar surface area (TPSA) is 109 Å². The number of benzene rings is 2. The Labute approximate surface area is 175 Å². The Morgan fingerprint density at radius 2 is 2.17 bits per heavy atom. The normalized spacial score (nSPS) is 15.2. The lowest BCUT2D eigenvalue weighted by atomic mass is 10.1. The standard InChI is InChI=1S/C21H18N4O4S/c1-10-5-13(18-15(6-10)24-17(27-2)8-23-18)20-25-14-3-4-16-12(19(14)30-20)7-11(29-16)9-28-21(22)26/h3-6,8,11H,7,9H2,1-2H3,(H2,22,26). The molecule has 5 rings (SSSR count). The van der Waals surface area contributed by atoms with Crippen LogP contribution in [0.2, 0.25) is 0 Å². The predicted molar refractivity (Wildman–Crippen MR) is 113 cm³/mol. The molecule has 0 spiro atoms. The van der Waals surface area contributed by atoms with Crippen LogP contribution in [0.4, 0.5) is 4.79 Å². The Hall–Kier alpha value is -3.46. The minimum atomic E-state index is -0.802. The van der Waals surface area contributed by atoms with Crippen molar-refractivity contribution in [2.45, 2.75) is 19.4 Å². The highest BCUT2D eigenvalue weighted by Gasteiger charge is 2.27. The zero-order valence-corrected chi connectivity index (χ0v) is 17.2. The summed E-state index contributed by atoms with van der Waals surface area (Å²) in [5.41, 5.74) is 10.6. The van der Waals surface area contributed by atoms with E-state index in [4.69, 9.17) is 24.9 Å². The third kappa shape index (κ3) is 3.17. The number of hydrogen-bond donors (Lipinski definition) is 1. The second-order valence-electron chi connectivity index (χ2n) is 7.08. The third-order valence-corrected chi connectivity index (χ3v) is 6.13. The maximum atomic E-state index is 10.9. The monoisotopic (exact) mass is 422 g/mol. The number of nitrogens with two attached hydrogens (primary N) is 1. The van der Waals surface area contributed by atoms with Crippen LogP contribution in [-0.4, -0.2) is 40.9 Å². The third-order valence-electron chi connectivity index (χ3n) is 4.96. The van der Waals surface area contributed by atoms with Crippen molar-refractivity contribution in [3.05, 3.63) is 41.6 Å². The number of thiazole rings is 1. The lowest BCUT2D eigenvalue weighted by molar-refractivity contribution is 0.0989. The fraction of sp³-hybridized carbons (Fsp3) is 0.238. The molecule has 1 atom stereocenters. The highest BCUT2D eigenvalue weighted by molar-refractivity contribution is 7.22. The van der Waals surface area contributed by atoms with Gasteiger partial charge in [-0.25, -0.2) is 19.7 Å². The van der Waals surface area contributed by atoms with Gasteiger partial charge in [-0.2, -0.15) is 0 Å². The van der Waals surface area contributed by atoms with Crippen molar-refractivity contribution >= 4 is 38.7 Å². The van der Waals surface area contributed by atoms with Gasteiger partial charge in [0.2, 0.25) is 5.88 Å². The summed E-state index contributed by atoms with van der Waals surface area (Å²) in [6.45, 7) is 2.14. The van der Waals surface area contributed by atoms with Crippen LogP contribution in [0, 0.1) is 6.92 Å². The van der Waals surface area contributed by atoms with Crippen molar-refractivity contribution in [2.75, 3.05) is 13.7 Å². The molecular formula is C21H18N4O4S. The lowest BCUT2D eigenvalue weighted by Crippen LogP contribution is -2.25. The maximum absolute atomic E-state index is 10.9. The Morgan fingerprint density at radius 1 is 1.30 bits per heavy atom. The molecule has 9 heteroatoms. The van der Waals surface area contributed by atoms with E-state index >= 15 is 0 Å². The smallest absolute Gasteiger partial charge is 0.404 e. The van der Waals surface area contributed by atoms with E-state index < -0.39 is 6.09 Å². The predicted octanol–water partition coefficient (Wildman–Crippen LogP) is 3.62. The fourth-order valence-electron chi connectivity index (χ4n) is 3.67. The first-order valence-electron chi connectivity index (χ1n) is 9.35. The fourth-order valence-corrected chi connectivity index (χ4v) is 4.80. The molecule has 1 unspecified atom stereocenters. The van der Waals surface area contributed by atoms with Gasteiger partial charge in [-0.1, -0.05) is 0 Å². The molecule has 0 fully saturated rings. The van der Waals surface area contributed by atoms with Crippen LogP contribution < -0.4 is 15.2 Å². The lowest BCUT2D eigenvalue weighted by Gasteiger charge is -2.09. The molecule has 0 aliphatic carbocycles. The zero-order valence-electron chi connectivity index (χ0n) is 16.3. The highest BCUT2D eigenvalue weighted by atomic mass is 32.1. The van der Waals surface area contributed by atoms with E-state index in [2.05, 4.69) is 16.0 Å². The molecule has 1 aliphatic rings. The minimum absolute atomic E-state index is 0.122. The molecule has 4 aromatic rings. The van der Waals surface area contributed by atoms with Gasteiger partial charge in [-0.15, -0.1) is 11.3 Å².